The van der Waals surface area contributed by atoms with Crippen molar-refractivity contribution in [1.82, 2.24) is 10.3 Å². The van der Waals surface area contributed by atoms with Gasteiger partial charge in [0, 0.05) is 11.3 Å². The zero-order valence-corrected chi connectivity index (χ0v) is 12.1. The number of carbonyl (C=O) groups excluding carboxylic acids is 1. The van der Waals surface area contributed by atoms with Crippen LogP contribution in [0.25, 0.3) is 0 Å². The first kappa shape index (κ1) is 14.1. The molecule has 2 N–H and O–H groups in total. The fraction of sp³-hybridized carbons (Fsp3) is 0.133. The van der Waals surface area contributed by atoms with Gasteiger partial charge < -0.3 is 5.32 Å². The van der Waals surface area contributed by atoms with Gasteiger partial charge in [0.15, 0.2) is 5.11 Å². The molecule has 0 radical (unpaired) electrons. The zero-order valence-electron chi connectivity index (χ0n) is 11.3. The van der Waals surface area contributed by atoms with Crippen LogP contribution in [0.5, 0.6) is 0 Å². The van der Waals surface area contributed by atoms with Gasteiger partial charge in [0.2, 0.25) is 0 Å². The normalized spacial score (nSPS) is 9.90. The summed E-state index contributed by atoms with van der Waals surface area (Å²) in [6.07, 6.45) is 0. The third-order valence-corrected chi connectivity index (χ3v) is 2.84. The number of rotatable bonds is 2. The average Bonchev–Trinajstić information content (AvgIpc) is 2.38. The Kier molecular flexibility index (Phi) is 4.42. The van der Waals surface area contributed by atoms with Crippen LogP contribution in [-0.4, -0.2) is 16.0 Å². The van der Waals surface area contributed by atoms with Crippen LogP contribution in [0.1, 0.15) is 21.6 Å². The highest BCUT2D eigenvalue weighted by molar-refractivity contribution is 7.80. The predicted molar refractivity (Wildman–Crippen MR) is 83.8 cm³/mol. The van der Waals surface area contributed by atoms with Gasteiger partial charge in [-0.05, 0) is 50.3 Å². The van der Waals surface area contributed by atoms with Crippen molar-refractivity contribution in [2.24, 2.45) is 0 Å². The number of nitrogens with one attached hydrogen (secondary N) is 2. The van der Waals surface area contributed by atoms with Crippen molar-refractivity contribution >= 4 is 29.1 Å². The molecule has 2 aromatic rings. The van der Waals surface area contributed by atoms with Gasteiger partial charge in [-0.1, -0.05) is 23.8 Å². The molecule has 20 heavy (non-hydrogen) atoms. The molecule has 0 aliphatic rings. The second-order valence-electron chi connectivity index (χ2n) is 4.44. The Bertz CT molecular complexity index is 655. The maximum Gasteiger partial charge on any atom is 0.257 e. The molecule has 0 unspecified atom stereocenters. The van der Waals surface area contributed by atoms with Crippen molar-refractivity contribution in [3.63, 3.8) is 0 Å². The Labute approximate surface area is 123 Å². The van der Waals surface area contributed by atoms with Gasteiger partial charge in [0.25, 0.3) is 5.91 Å². The molecule has 0 saturated carbocycles. The summed E-state index contributed by atoms with van der Waals surface area (Å²) in [4.78, 5) is 16.3. The number of carbonyl (C=O) groups is 1. The van der Waals surface area contributed by atoms with E-state index in [9.17, 15) is 4.79 Å². The lowest BCUT2D eigenvalue weighted by molar-refractivity contribution is 0.0977. The van der Waals surface area contributed by atoms with E-state index in [-0.39, 0.29) is 11.0 Å². The number of amides is 1. The van der Waals surface area contributed by atoms with E-state index in [4.69, 9.17) is 12.2 Å². The number of hydrogen-bond donors (Lipinski definition) is 2. The monoisotopic (exact) mass is 285 g/mol. The minimum atomic E-state index is -0.237. The van der Waals surface area contributed by atoms with Gasteiger partial charge >= 0.3 is 0 Å². The van der Waals surface area contributed by atoms with Crippen LogP contribution in [0.15, 0.2) is 42.5 Å². The van der Waals surface area contributed by atoms with Crippen LogP contribution in [0.2, 0.25) is 0 Å². The summed E-state index contributed by atoms with van der Waals surface area (Å²) in [6, 6.07) is 12.9. The summed E-state index contributed by atoms with van der Waals surface area (Å²) in [5, 5.41) is 5.75. The van der Waals surface area contributed by atoms with Gasteiger partial charge in [-0.3, -0.25) is 10.1 Å². The van der Waals surface area contributed by atoms with Crippen molar-refractivity contribution in [1.29, 1.82) is 0 Å². The molecule has 2 rings (SSSR count). The van der Waals surface area contributed by atoms with Crippen LogP contribution in [-0.2, 0) is 0 Å². The zero-order chi connectivity index (χ0) is 14.5. The molecule has 0 bridgehead atoms. The number of benzene rings is 1. The first-order chi connectivity index (χ1) is 9.54. The topological polar surface area (TPSA) is 54.0 Å². The predicted octanol–water partition coefficient (Wildman–Crippen LogP) is 2.83. The highest BCUT2D eigenvalue weighted by Gasteiger charge is 2.08. The third-order valence-electron chi connectivity index (χ3n) is 2.64. The van der Waals surface area contributed by atoms with E-state index < -0.39 is 0 Å². The molecule has 5 heteroatoms. The molecule has 0 fully saturated rings. The molecule has 4 nitrogen and oxygen atoms in total. The Balaban J connectivity index is 1.99. The van der Waals surface area contributed by atoms with Gasteiger partial charge in [-0.25, -0.2) is 4.98 Å². The van der Waals surface area contributed by atoms with Crippen molar-refractivity contribution in [2.75, 3.05) is 5.32 Å². The third kappa shape index (κ3) is 3.86. The van der Waals surface area contributed by atoms with E-state index in [1.165, 1.54) is 0 Å². The van der Waals surface area contributed by atoms with E-state index in [0.717, 1.165) is 11.3 Å². The second-order valence-corrected chi connectivity index (χ2v) is 4.85. The van der Waals surface area contributed by atoms with Crippen molar-refractivity contribution in [3.05, 3.63) is 59.3 Å². The number of thiocarbonyl (C=S) groups is 1. The van der Waals surface area contributed by atoms with E-state index >= 15 is 0 Å². The molecule has 0 aliphatic carbocycles. The van der Waals surface area contributed by atoms with Gasteiger partial charge in [-0.15, -0.1) is 0 Å². The summed E-state index contributed by atoms with van der Waals surface area (Å²) in [5.41, 5.74) is 2.48. The average molecular weight is 285 g/mol. The molecular formula is C15H15N3OS. The Morgan fingerprint density at radius 3 is 2.60 bits per heavy atom. The SMILES string of the molecule is Cc1cccc(C(=O)NC(=S)Nc2cccc(C)n2)c1. The first-order valence-electron chi connectivity index (χ1n) is 6.17. The standard InChI is InChI=1S/C15H15N3OS/c1-10-5-3-7-12(9-10)14(19)18-15(20)17-13-8-4-6-11(2)16-13/h3-9H,1-2H3,(H2,16,17,18,19,20). The second kappa shape index (κ2) is 6.25. The molecule has 1 amide bonds. The lowest BCUT2D eigenvalue weighted by Gasteiger charge is -2.09. The molecule has 0 atom stereocenters. The Morgan fingerprint density at radius 2 is 1.90 bits per heavy atom. The maximum absolute atomic E-state index is 12.0. The number of anilines is 1. The van der Waals surface area contributed by atoms with Gasteiger partial charge in [-0.2, -0.15) is 0 Å². The van der Waals surface area contributed by atoms with Crippen LogP contribution in [0, 0.1) is 13.8 Å². The molecule has 0 aliphatic heterocycles. The molecular weight excluding hydrogens is 270 g/mol. The van der Waals surface area contributed by atoms with Gasteiger partial charge in [0.05, 0.1) is 0 Å². The summed E-state index contributed by atoms with van der Waals surface area (Å²) in [7, 11) is 0. The van der Waals surface area contributed by atoms with Crippen LogP contribution in [0.3, 0.4) is 0 Å². The number of nitrogens with zero attached hydrogens (tertiary/aromatic N) is 1. The van der Waals surface area contributed by atoms with Crippen molar-refractivity contribution in [3.8, 4) is 0 Å². The smallest absolute Gasteiger partial charge is 0.257 e. The fourth-order valence-corrected chi connectivity index (χ4v) is 1.92. The number of aromatic nitrogens is 1. The van der Waals surface area contributed by atoms with E-state index in [0.29, 0.717) is 11.4 Å². The fourth-order valence-electron chi connectivity index (χ4n) is 1.72. The molecule has 1 heterocycles. The van der Waals surface area contributed by atoms with Crippen LogP contribution >= 0.6 is 12.2 Å². The molecule has 102 valence electrons. The van der Waals surface area contributed by atoms with Crippen molar-refractivity contribution in [2.45, 2.75) is 13.8 Å². The summed E-state index contributed by atoms with van der Waals surface area (Å²) in [6.45, 7) is 3.82. The van der Waals surface area contributed by atoms with Crippen molar-refractivity contribution < 1.29 is 4.79 Å². The minimum absolute atomic E-state index is 0.231. The number of aryl methyl sites for hydroxylation is 2. The highest BCUT2D eigenvalue weighted by Crippen LogP contribution is 2.05. The van der Waals surface area contributed by atoms with Gasteiger partial charge in [0.1, 0.15) is 5.82 Å². The summed E-state index contributed by atoms with van der Waals surface area (Å²) < 4.78 is 0. The molecule has 0 spiro atoms. The van der Waals surface area contributed by atoms with E-state index in [1.807, 2.05) is 44.2 Å². The van der Waals surface area contributed by atoms with Crippen LogP contribution in [0.4, 0.5) is 5.82 Å². The largest absolute Gasteiger partial charge is 0.317 e. The first-order valence-corrected chi connectivity index (χ1v) is 6.58. The summed E-state index contributed by atoms with van der Waals surface area (Å²) >= 11 is 5.11. The highest BCUT2D eigenvalue weighted by atomic mass is 32.1. The summed E-state index contributed by atoms with van der Waals surface area (Å²) in [5.74, 6) is 0.374. The molecule has 1 aromatic heterocycles. The Morgan fingerprint density at radius 1 is 1.15 bits per heavy atom. The van der Waals surface area contributed by atoms with E-state index in [1.54, 1.807) is 12.1 Å². The van der Waals surface area contributed by atoms with Crippen LogP contribution < -0.4 is 10.6 Å². The van der Waals surface area contributed by atoms with E-state index in [2.05, 4.69) is 15.6 Å². The molecule has 0 saturated heterocycles. The minimum Gasteiger partial charge on any atom is -0.317 e. The maximum atomic E-state index is 12.0. The lowest BCUT2D eigenvalue weighted by Crippen LogP contribution is -2.34. The quantitative estimate of drug-likeness (QED) is 0.833. The number of hydrogen-bond acceptors (Lipinski definition) is 3. The number of pyridine rings is 1. The lowest BCUT2D eigenvalue weighted by atomic mass is 10.1. The Hall–Kier alpha value is -2.27. The molecule has 1 aromatic carbocycles.